The number of hydrogen-bond acceptors (Lipinski definition) is 4. The predicted octanol–water partition coefficient (Wildman–Crippen LogP) is 4.92. The Balaban J connectivity index is 1.75. The summed E-state index contributed by atoms with van der Waals surface area (Å²) in [5, 5.41) is 2.90. The molecule has 0 spiro atoms. The largest absolute Gasteiger partial charge is 0.490 e. The van der Waals surface area contributed by atoms with Crippen LogP contribution < -0.4 is 14.8 Å². The highest BCUT2D eigenvalue weighted by molar-refractivity contribution is 14.1. The maximum absolute atomic E-state index is 12.6. The predicted molar refractivity (Wildman–Crippen MR) is 113 cm³/mol. The fourth-order valence-corrected chi connectivity index (χ4v) is 2.99. The smallest absolute Gasteiger partial charge is 0.255 e. The van der Waals surface area contributed by atoms with Gasteiger partial charge in [0, 0.05) is 27.2 Å². The lowest BCUT2D eigenvalue weighted by molar-refractivity contribution is 0.102. The van der Waals surface area contributed by atoms with Crippen molar-refractivity contribution in [2.24, 2.45) is 0 Å². The molecule has 0 aliphatic rings. The van der Waals surface area contributed by atoms with Gasteiger partial charge < -0.3 is 14.8 Å². The Morgan fingerprint density at radius 2 is 1.85 bits per heavy atom. The highest BCUT2D eigenvalue weighted by Gasteiger charge is 2.12. The molecule has 0 fully saturated rings. The number of ether oxygens (including phenoxy) is 2. The lowest BCUT2D eigenvalue weighted by Gasteiger charge is -2.13. The maximum Gasteiger partial charge on any atom is 0.255 e. The van der Waals surface area contributed by atoms with E-state index in [1.54, 1.807) is 30.6 Å². The topological polar surface area (TPSA) is 60.5 Å². The average Bonchev–Trinajstić information content (AvgIpc) is 2.68. The summed E-state index contributed by atoms with van der Waals surface area (Å²) < 4.78 is 12.6. The van der Waals surface area contributed by atoms with Crippen molar-refractivity contribution in [2.75, 3.05) is 11.9 Å². The van der Waals surface area contributed by atoms with Gasteiger partial charge in [-0.2, -0.15) is 0 Å². The Morgan fingerprint density at radius 3 is 2.59 bits per heavy atom. The average molecular weight is 474 g/mol. The Labute approximate surface area is 171 Å². The lowest BCUT2D eigenvalue weighted by Crippen LogP contribution is -2.12. The molecule has 0 saturated heterocycles. The van der Waals surface area contributed by atoms with Crippen LogP contribution in [0.2, 0.25) is 0 Å². The molecular weight excluding hydrogens is 455 g/mol. The molecule has 5 nitrogen and oxygen atoms in total. The molecule has 0 atom stereocenters. The molecule has 3 rings (SSSR count). The van der Waals surface area contributed by atoms with Crippen molar-refractivity contribution >= 4 is 34.2 Å². The number of pyridine rings is 1. The third kappa shape index (κ3) is 5.43. The lowest BCUT2D eigenvalue weighted by atomic mass is 10.1. The molecule has 1 aromatic heterocycles. The molecule has 6 heteroatoms. The van der Waals surface area contributed by atoms with Crippen molar-refractivity contribution < 1.29 is 14.3 Å². The zero-order chi connectivity index (χ0) is 19.1. The normalized spacial score (nSPS) is 10.3. The first-order valence-corrected chi connectivity index (χ1v) is 9.59. The van der Waals surface area contributed by atoms with Crippen LogP contribution in [0.1, 0.15) is 22.8 Å². The summed E-state index contributed by atoms with van der Waals surface area (Å²) in [4.78, 5) is 16.5. The molecule has 1 N–H and O–H groups in total. The van der Waals surface area contributed by atoms with Gasteiger partial charge in [0.1, 0.15) is 6.61 Å². The number of amides is 1. The number of halogens is 1. The van der Waals surface area contributed by atoms with Crippen LogP contribution in [0.5, 0.6) is 11.5 Å². The molecule has 3 aromatic rings. The first kappa shape index (κ1) is 19.2. The molecule has 0 bridgehead atoms. The fourth-order valence-electron chi connectivity index (χ4n) is 2.45. The standard InChI is InChI=1S/C21H19IN2O3/c1-2-26-20-12-16(21(25)24-18-5-3-4-17(22)13-18)6-7-19(20)27-14-15-8-10-23-11-9-15/h3-13H,2,14H2,1H3,(H,24,25). The summed E-state index contributed by atoms with van der Waals surface area (Å²) >= 11 is 2.21. The van der Waals surface area contributed by atoms with Crippen LogP contribution in [0, 0.1) is 3.57 Å². The van der Waals surface area contributed by atoms with E-state index >= 15 is 0 Å². The minimum Gasteiger partial charge on any atom is -0.490 e. The highest BCUT2D eigenvalue weighted by atomic mass is 127. The number of aromatic nitrogens is 1. The number of nitrogens with one attached hydrogen (secondary N) is 1. The van der Waals surface area contributed by atoms with Crippen LogP contribution in [-0.2, 0) is 6.61 Å². The highest BCUT2D eigenvalue weighted by Crippen LogP contribution is 2.29. The van der Waals surface area contributed by atoms with E-state index in [4.69, 9.17) is 9.47 Å². The van der Waals surface area contributed by atoms with Gasteiger partial charge in [0.05, 0.1) is 6.61 Å². The molecule has 0 aliphatic heterocycles. The number of carbonyl (C=O) groups is 1. The summed E-state index contributed by atoms with van der Waals surface area (Å²) in [5.41, 5.74) is 2.27. The number of rotatable bonds is 7. The molecule has 1 heterocycles. The van der Waals surface area contributed by atoms with Crippen LogP contribution in [-0.4, -0.2) is 17.5 Å². The van der Waals surface area contributed by atoms with Crippen LogP contribution in [0.4, 0.5) is 5.69 Å². The molecule has 27 heavy (non-hydrogen) atoms. The van der Waals surface area contributed by atoms with Crippen molar-refractivity contribution in [1.82, 2.24) is 4.98 Å². The van der Waals surface area contributed by atoms with E-state index in [1.807, 2.05) is 43.3 Å². The molecule has 2 aromatic carbocycles. The molecule has 0 radical (unpaired) electrons. The van der Waals surface area contributed by atoms with E-state index < -0.39 is 0 Å². The molecule has 0 unspecified atom stereocenters. The number of anilines is 1. The Kier molecular flexibility index (Phi) is 6.64. The van der Waals surface area contributed by atoms with E-state index in [-0.39, 0.29) is 5.91 Å². The summed E-state index contributed by atoms with van der Waals surface area (Å²) in [6, 6.07) is 16.6. The minimum atomic E-state index is -0.196. The zero-order valence-electron chi connectivity index (χ0n) is 14.8. The van der Waals surface area contributed by atoms with E-state index in [2.05, 4.69) is 32.9 Å². The Bertz CT molecular complexity index is 916. The van der Waals surface area contributed by atoms with E-state index in [0.717, 1.165) is 14.8 Å². The summed E-state index contributed by atoms with van der Waals surface area (Å²) in [7, 11) is 0. The number of carbonyl (C=O) groups excluding carboxylic acids is 1. The molecule has 0 aliphatic carbocycles. The van der Waals surface area contributed by atoms with Gasteiger partial charge in [0.15, 0.2) is 11.5 Å². The van der Waals surface area contributed by atoms with E-state index in [1.165, 1.54) is 0 Å². The Morgan fingerprint density at radius 1 is 1.04 bits per heavy atom. The van der Waals surface area contributed by atoms with Crippen molar-refractivity contribution in [3.05, 3.63) is 81.7 Å². The first-order chi connectivity index (χ1) is 13.2. The Hall–Kier alpha value is -2.61. The molecular formula is C21H19IN2O3. The third-order valence-corrected chi connectivity index (χ3v) is 4.40. The molecule has 138 valence electrons. The quantitative estimate of drug-likeness (QED) is 0.495. The third-order valence-electron chi connectivity index (χ3n) is 3.73. The SMILES string of the molecule is CCOc1cc(C(=O)Nc2cccc(I)c2)ccc1OCc1ccncc1. The first-order valence-electron chi connectivity index (χ1n) is 8.51. The molecule has 1 amide bonds. The number of nitrogens with zero attached hydrogens (tertiary/aromatic N) is 1. The second kappa shape index (κ2) is 9.36. The van der Waals surface area contributed by atoms with Crippen LogP contribution >= 0.6 is 22.6 Å². The van der Waals surface area contributed by atoms with Gasteiger partial charge in [-0.1, -0.05) is 6.07 Å². The van der Waals surface area contributed by atoms with Crippen LogP contribution in [0.25, 0.3) is 0 Å². The van der Waals surface area contributed by atoms with Gasteiger partial charge in [0.2, 0.25) is 0 Å². The van der Waals surface area contributed by atoms with Gasteiger partial charge in [-0.15, -0.1) is 0 Å². The van der Waals surface area contributed by atoms with Gasteiger partial charge in [0.25, 0.3) is 5.91 Å². The van der Waals surface area contributed by atoms with Crippen molar-refractivity contribution in [1.29, 1.82) is 0 Å². The van der Waals surface area contributed by atoms with Gasteiger partial charge in [-0.3, -0.25) is 9.78 Å². The van der Waals surface area contributed by atoms with Gasteiger partial charge in [-0.05, 0) is 83.6 Å². The monoisotopic (exact) mass is 474 g/mol. The van der Waals surface area contributed by atoms with Crippen molar-refractivity contribution in [3.63, 3.8) is 0 Å². The fraction of sp³-hybridized carbons (Fsp3) is 0.143. The number of benzene rings is 2. The summed E-state index contributed by atoms with van der Waals surface area (Å²) in [5.74, 6) is 0.944. The molecule has 0 saturated carbocycles. The van der Waals surface area contributed by atoms with E-state index in [0.29, 0.717) is 30.3 Å². The van der Waals surface area contributed by atoms with Gasteiger partial charge >= 0.3 is 0 Å². The second-order valence-electron chi connectivity index (χ2n) is 5.70. The van der Waals surface area contributed by atoms with Crippen molar-refractivity contribution in [2.45, 2.75) is 13.5 Å². The maximum atomic E-state index is 12.6. The van der Waals surface area contributed by atoms with Crippen LogP contribution in [0.15, 0.2) is 67.0 Å². The summed E-state index contributed by atoms with van der Waals surface area (Å²) in [6.07, 6.45) is 3.45. The summed E-state index contributed by atoms with van der Waals surface area (Å²) in [6.45, 7) is 2.77. The zero-order valence-corrected chi connectivity index (χ0v) is 17.0. The van der Waals surface area contributed by atoms with Crippen molar-refractivity contribution in [3.8, 4) is 11.5 Å². The van der Waals surface area contributed by atoms with Gasteiger partial charge in [-0.25, -0.2) is 0 Å². The minimum absolute atomic E-state index is 0.196. The number of hydrogen-bond donors (Lipinski definition) is 1. The van der Waals surface area contributed by atoms with E-state index in [9.17, 15) is 4.79 Å². The van der Waals surface area contributed by atoms with Crippen LogP contribution in [0.3, 0.4) is 0 Å². The second-order valence-corrected chi connectivity index (χ2v) is 6.95.